The summed E-state index contributed by atoms with van der Waals surface area (Å²) in [4.78, 5) is 11.9. The van der Waals surface area contributed by atoms with Crippen molar-refractivity contribution in [2.75, 3.05) is 6.61 Å². The lowest BCUT2D eigenvalue weighted by Gasteiger charge is -2.07. The number of benzene rings is 1. The van der Waals surface area contributed by atoms with E-state index in [9.17, 15) is 9.18 Å². The van der Waals surface area contributed by atoms with Crippen LogP contribution in [0.25, 0.3) is 0 Å². The second kappa shape index (κ2) is 5.02. The summed E-state index contributed by atoms with van der Waals surface area (Å²) in [5.41, 5.74) is 0.575. The lowest BCUT2D eigenvalue weighted by molar-refractivity contribution is 0.0942. The third kappa shape index (κ3) is 3.12. The Morgan fingerprint density at radius 2 is 2.26 bits per heavy atom. The fraction of sp³-hybridized carbons (Fsp3) is 0.400. The van der Waals surface area contributed by atoms with Gasteiger partial charge in [-0.25, -0.2) is 4.39 Å². The van der Waals surface area contributed by atoms with Gasteiger partial charge in [-0.3, -0.25) is 4.79 Å². The molecule has 2 N–H and O–H groups in total. The van der Waals surface area contributed by atoms with Gasteiger partial charge >= 0.3 is 0 Å². The molecule has 1 saturated carbocycles. The Hall–Kier alpha value is -1.86. The number of nitrogens with one attached hydrogen (secondary N) is 1. The summed E-state index contributed by atoms with van der Waals surface area (Å²) >= 11 is 0. The summed E-state index contributed by atoms with van der Waals surface area (Å²) in [5.74, 6) is 4.04. The molecule has 19 heavy (non-hydrogen) atoms. The zero-order valence-electron chi connectivity index (χ0n) is 11.0. The van der Waals surface area contributed by atoms with Crippen LogP contribution in [0.1, 0.15) is 36.2 Å². The number of hydrogen-bond donors (Lipinski definition) is 2. The zero-order chi connectivity index (χ0) is 14.0. The SMILES string of the molecule is CC1(C)CC1NC(=O)c1ccc(C#CCO)cc1F. The molecule has 1 amide bonds. The Morgan fingerprint density at radius 3 is 2.79 bits per heavy atom. The minimum Gasteiger partial charge on any atom is -0.384 e. The highest BCUT2D eigenvalue weighted by Crippen LogP contribution is 2.44. The van der Waals surface area contributed by atoms with E-state index in [0.717, 1.165) is 6.42 Å². The van der Waals surface area contributed by atoms with Crippen molar-refractivity contribution in [1.29, 1.82) is 0 Å². The Bertz CT molecular complexity index is 569. The number of carbonyl (C=O) groups excluding carboxylic acids is 1. The summed E-state index contributed by atoms with van der Waals surface area (Å²) < 4.78 is 13.8. The van der Waals surface area contributed by atoms with Crippen molar-refractivity contribution >= 4 is 5.91 Å². The van der Waals surface area contributed by atoms with Crippen molar-refractivity contribution in [3.63, 3.8) is 0 Å². The summed E-state index contributed by atoms with van der Waals surface area (Å²) in [7, 11) is 0. The van der Waals surface area contributed by atoms with Crippen molar-refractivity contribution in [1.82, 2.24) is 5.32 Å². The Labute approximate surface area is 111 Å². The van der Waals surface area contributed by atoms with E-state index in [-0.39, 0.29) is 23.6 Å². The van der Waals surface area contributed by atoms with E-state index in [0.29, 0.717) is 5.56 Å². The van der Waals surface area contributed by atoms with E-state index < -0.39 is 11.7 Å². The van der Waals surface area contributed by atoms with Gasteiger partial charge in [-0.05, 0) is 30.0 Å². The fourth-order valence-corrected chi connectivity index (χ4v) is 1.87. The van der Waals surface area contributed by atoms with Crippen LogP contribution in [-0.2, 0) is 0 Å². The van der Waals surface area contributed by atoms with Crippen molar-refractivity contribution in [2.45, 2.75) is 26.3 Å². The molecule has 4 heteroatoms. The van der Waals surface area contributed by atoms with E-state index in [4.69, 9.17) is 5.11 Å². The molecule has 1 aliphatic rings. The van der Waals surface area contributed by atoms with Gasteiger partial charge in [0.05, 0.1) is 5.56 Å². The van der Waals surface area contributed by atoms with Crippen LogP contribution < -0.4 is 5.32 Å². The molecule has 0 saturated heterocycles. The largest absolute Gasteiger partial charge is 0.384 e. The van der Waals surface area contributed by atoms with Gasteiger partial charge in [-0.2, -0.15) is 0 Å². The fourth-order valence-electron chi connectivity index (χ4n) is 1.87. The molecule has 3 nitrogen and oxygen atoms in total. The average molecular weight is 261 g/mol. The summed E-state index contributed by atoms with van der Waals surface area (Å²) in [6, 6.07) is 4.31. The summed E-state index contributed by atoms with van der Waals surface area (Å²) in [6.07, 6.45) is 0.917. The van der Waals surface area contributed by atoms with Gasteiger partial charge in [0.2, 0.25) is 0 Å². The monoisotopic (exact) mass is 261 g/mol. The van der Waals surface area contributed by atoms with Crippen molar-refractivity contribution < 1.29 is 14.3 Å². The van der Waals surface area contributed by atoms with Crippen LogP contribution in [0.3, 0.4) is 0 Å². The first-order chi connectivity index (χ1) is 8.94. The predicted molar refractivity (Wildman–Crippen MR) is 70.0 cm³/mol. The van der Waals surface area contributed by atoms with E-state index in [1.165, 1.54) is 12.1 Å². The van der Waals surface area contributed by atoms with Gasteiger partial charge in [0.25, 0.3) is 5.91 Å². The van der Waals surface area contributed by atoms with Gasteiger partial charge in [0.15, 0.2) is 0 Å². The molecule has 0 aromatic heterocycles. The first-order valence-electron chi connectivity index (χ1n) is 6.14. The standard InChI is InChI=1S/C15H16FNO2/c1-15(2)9-13(15)17-14(19)11-6-5-10(4-3-7-18)8-12(11)16/h5-6,8,13,18H,7,9H2,1-2H3,(H,17,19). The molecule has 0 spiro atoms. The van der Waals surface area contributed by atoms with Gasteiger partial charge < -0.3 is 10.4 Å². The van der Waals surface area contributed by atoms with Gasteiger partial charge in [0.1, 0.15) is 12.4 Å². The number of hydrogen-bond acceptors (Lipinski definition) is 2. The quantitative estimate of drug-likeness (QED) is 0.796. The summed E-state index contributed by atoms with van der Waals surface area (Å²) in [6.45, 7) is 3.84. The maximum absolute atomic E-state index is 13.8. The molecule has 1 aromatic rings. The second-order valence-corrected chi connectivity index (χ2v) is 5.37. The molecule has 1 aromatic carbocycles. The van der Waals surface area contributed by atoms with Crippen molar-refractivity contribution in [3.05, 3.63) is 35.1 Å². The topological polar surface area (TPSA) is 49.3 Å². The zero-order valence-corrected chi connectivity index (χ0v) is 11.0. The van der Waals surface area contributed by atoms with Crippen LogP contribution in [0, 0.1) is 23.1 Å². The highest BCUT2D eigenvalue weighted by Gasteiger charge is 2.46. The minimum atomic E-state index is -0.597. The number of amides is 1. The van der Waals surface area contributed by atoms with Crippen LogP contribution in [0.4, 0.5) is 4.39 Å². The number of halogens is 1. The molecule has 2 rings (SSSR count). The molecule has 1 atom stereocenters. The molecule has 0 heterocycles. The van der Waals surface area contributed by atoms with Gasteiger partial charge in [-0.1, -0.05) is 25.7 Å². The Morgan fingerprint density at radius 1 is 1.58 bits per heavy atom. The highest BCUT2D eigenvalue weighted by molar-refractivity contribution is 5.95. The molecular formula is C15H16FNO2. The molecule has 100 valence electrons. The third-order valence-corrected chi connectivity index (χ3v) is 3.34. The van der Waals surface area contributed by atoms with Crippen molar-refractivity contribution in [3.8, 4) is 11.8 Å². The van der Waals surface area contributed by atoms with E-state index in [1.54, 1.807) is 6.07 Å². The molecule has 0 radical (unpaired) electrons. The maximum Gasteiger partial charge on any atom is 0.254 e. The van der Waals surface area contributed by atoms with Gasteiger partial charge in [0, 0.05) is 11.6 Å². The molecule has 1 aliphatic carbocycles. The number of aliphatic hydroxyl groups is 1. The molecule has 1 unspecified atom stereocenters. The smallest absolute Gasteiger partial charge is 0.254 e. The first-order valence-corrected chi connectivity index (χ1v) is 6.14. The number of carbonyl (C=O) groups is 1. The van der Waals surface area contributed by atoms with E-state index in [1.807, 2.05) is 0 Å². The van der Waals surface area contributed by atoms with E-state index in [2.05, 4.69) is 31.0 Å². The molecular weight excluding hydrogens is 245 g/mol. The Balaban J connectivity index is 2.10. The number of aliphatic hydroxyl groups excluding tert-OH is 1. The van der Waals surface area contributed by atoms with Crippen LogP contribution in [0.15, 0.2) is 18.2 Å². The highest BCUT2D eigenvalue weighted by atomic mass is 19.1. The average Bonchev–Trinajstić information content (AvgIpc) is 2.93. The van der Waals surface area contributed by atoms with Crippen LogP contribution >= 0.6 is 0 Å². The molecule has 0 aliphatic heterocycles. The first kappa shape index (κ1) is 13.6. The predicted octanol–water partition coefficient (Wildman–Crippen LogP) is 1.70. The molecule has 0 bridgehead atoms. The summed E-state index contributed by atoms with van der Waals surface area (Å²) in [5, 5.41) is 11.4. The lowest BCUT2D eigenvalue weighted by Crippen LogP contribution is -2.29. The van der Waals surface area contributed by atoms with Gasteiger partial charge in [-0.15, -0.1) is 0 Å². The normalized spacial score (nSPS) is 19.3. The maximum atomic E-state index is 13.8. The number of rotatable bonds is 2. The second-order valence-electron chi connectivity index (χ2n) is 5.37. The van der Waals surface area contributed by atoms with E-state index >= 15 is 0 Å². The lowest BCUT2D eigenvalue weighted by atomic mass is 10.1. The van der Waals surface area contributed by atoms with Crippen LogP contribution in [0.5, 0.6) is 0 Å². The third-order valence-electron chi connectivity index (χ3n) is 3.34. The molecule has 1 fully saturated rings. The minimum absolute atomic E-state index is 0.0252. The van der Waals surface area contributed by atoms with Crippen molar-refractivity contribution in [2.24, 2.45) is 5.41 Å². The van der Waals surface area contributed by atoms with Crippen LogP contribution in [0.2, 0.25) is 0 Å². The Kier molecular flexibility index (Phi) is 3.59. The van der Waals surface area contributed by atoms with Crippen LogP contribution in [-0.4, -0.2) is 23.7 Å².